The summed E-state index contributed by atoms with van der Waals surface area (Å²) in [7, 11) is -3.51. The Hall–Kier alpha value is -1.95. The summed E-state index contributed by atoms with van der Waals surface area (Å²) in [6.45, 7) is 1.29. The molecule has 8 heteroatoms. The maximum Gasteiger partial charge on any atom is 0.243 e. The van der Waals surface area contributed by atoms with Gasteiger partial charge in [-0.15, -0.1) is 0 Å². The fraction of sp³-hybridized carbons (Fsp3) is 0.333. The van der Waals surface area contributed by atoms with Gasteiger partial charge >= 0.3 is 0 Å². The van der Waals surface area contributed by atoms with E-state index in [4.69, 9.17) is 10.00 Å². The quantitative estimate of drug-likeness (QED) is 0.719. The van der Waals surface area contributed by atoms with E-state index < -0.39 is 10.0 Å². The molecule has 0 N–H and O–H groups in total. The van der Waals surface area contributed by atoms with Gasteiger partial charge in [-0.3, -0.25) is 0 Å². The standard InChI is InChI=1S/C18H18BrN3O3S/c19-16-3-5-17(6-4-16)26(23,24)22-9-1-2-15(12-22)13-25-18-10-14(11-20)7-8-21-18/h3-8,10,15H,1-2,9,12-13H2. The van der Waals surface area contributed by atoms with Gasteiger partial charge in [-0.25, -0.2) is 13.4 Å². The largest absolute Gasteiger partial charge is 0.477 e. The van der Waals surface area contributed by atoms with E-state index in [9.17, 15) is 8.42 Å². The van der Waals surface area contributed by atoms with Gasteiger partial charge in [0.15, 0.2) is 0 Å². The van der Waals surface area contributed by atoms with Crippen LogP contribution in [-0.4, -0.2) is 37.4 Å². The summed E-state index contributed by atoms with van der Waals surface area (Å²) in [5.41, 5.74) is 0.484. The normalized spacial score (nSPS) is 18.2. The molecular weight excluding hydrogens is 418 g/mol. The molecule has 0 saturated carbocycles. The number of nitrogens with zero attached hydrogens (tertiary/aromatic N) is 3. The summed E-state index contributed by atoms with van der Waals surface area (Å²) in [6.07, 6.45) is 3.21. The monoisotopic (exact) mass is 435 g/mol. The van der Waals surface area contributed by atoms with Crippen molar-refractivity contribution in [2.75, 3.05) is 19.7 Å². The Morgan fingerprint density at radius 1 is 1.31 bits per heavy atom. The molecule has 0 radical (unpaired) electrons. The van der Waals surface area contributed by atoms with Crippen molar-refractivity contribution in [2.45, 2.75) is 17.7 Å². The van der Waals surface area contributed by atoms with Gasteiger partial charge in [0.25, 0.3) is 0 Å². The van der Waals surface area contributed by atoms with Crippen molar-refractivity contribution < 1.29 is 13.2 Å². The van der Waals surface area contributed by atoms with Crippen LogP contribution in [0.5, 0.6) is 5.88 Å². The Balaban J connectivity index is 1.65. The van der Waals surface area contributed by atoms with E-state index in [1.807, 2.05) is 6.07 Å². The lowest BCUT2D eigenvalue weighted by atomic mass is 10.0. The van der Waals surface area contributed by atoms with Crippen molar-refractivity contribution in [3.63, 3.8) is 0 Å². The molecule has 6 nitrogen and oxygen atoms in total. The molecule has 1 aromatic heterocycles. The van der Waals surface area contributed by atoms with Crippen molar-refractivity contribution in [2.24, 2.45) is 5.92 Å². The molecule has 0 bridgehead atoms. The van der Waals surface area contributed by atoms with E-state index >= 15 is 0 Å². The van der Waals surface area contributed by atoms with Crippen LogP contribution in [0, 0.1) is 17.2 Å². The van der Waals surface area contributed by atoms with E-state index in [2.05, 4.69) is 20.9 Å². The number of ether oxygens (including phenoxy) is 1. The molecule has 0 amide bonds. The molecule has 2 heterocycles. The molecule has 0 spiro atoms. The highest BCUT2D eigenvalue weighted by Gasteiger charge is 2.30. The molecule has 1 fully saturated rings. The van der Waals surface area contributed by atoms with Gasteiger partial charge in [-0.2, -0.15) is 9.57 Å². The first-order valence-electron chi connectivity index (χ1n) is 8.24. The van der Waals surface area contributed by atoms with Crippen LogP contribution in [0.3, 0.4) is 0 Å². The Morgan fingerprint density at radius 3 is 2.81 bits per heavy atom. The predicted octanol–water partition coefficient (Wildman–Crippen LogP) is 3.20. The maximum absolute atomic E-state index is 12.8. The topological polar surface area (TPSA) is 83.3 Å². The van der Waals surface area contributed by atoms with Crippen molar-refractivity contribution in [3.05, 3.63) is 52.6 Å². The molecule has 26 heavy (non-hydrogen) atoms. The van der Waals surface area contributed by atoms with Crippen LogP contribution >= 0.6 is 15.9 Å². The summed E-state index contributed by atoms with van der Waals surface area (Å²) < 4.78 is 33.7. The SMILES string of the molecule is N#Cc1ccnc(OCC2CCCN(S(=O)(=O)c3ccc(Br)cc3)C2)c1. The third-order valence-electron chi connectivity index (χ3n) is 4.26. The zero-order valence-electron chi connectivity index (χ0n) is 14.0. The van der Waals surface area contributed by atoms with Gasteiger partial charge < -0.3 is 4.74 Å². The van der Waals surface area contributed by atoms with E-state index in [-0.39, 0.29) is 5.92 Å². The summed E-state index contributed by atoms with van der Waals surface area (Å²) in [5.74, 6) is 0.471. The average molecular weight is 436 g/mol. The van der Waals surface area contributed by atoms with Crippen LogP contribution in [0.4, 0.5) is 0 Å². The van der Waals surface area contributed by atoms with Gasteiger partial charge in [-0.1, -0.05) is 15.9 Å². The van der Waals surface area contributed by atoms with Crippen molar-refractivity contribution >= 4 is 26.0 Å². The van der Waals surface area contributed by atoms with E-state index in [0.717, 1.165) is 17.3 Å². The molecule has 1 unspecified atom stereocenters. The fourth-order valence-electron chi connectivity index (χ4n) is 2.90. The minimum atomic E-state index is -3.51. The Kier molecular flexibility index (Phi) is 5.91. The third kappa shape index (κ3) is 4.41. The second kappa shape index (κ2) is 8.16. The van der Waals surface area contributed by atoms with Crippen molar-refractivity contribution in [1.29, 1.82) is 5.26 Å². The average Bonchev–Trinajstić information content (AvgIpc) is 2.67. The van der Waals surface area contributed by atoms with Crippen LogP contribution in [0.2, 0.25) is 0 Å². The number of sulfonamides is 1. The number of nitriles is 1. The van der Waals surface area contributed by atoms with Gasteiger partial charge in [0.05, 0.1) is 23.1 Å². The second-order valence-corrected chi connectivity index (χ2v) is 8.98. The zero-order chi connectivity index (χ0) is 18.6. The van der Waals surface area contributed by atoms with Crippen LogP contribution in [-0.2, 0) is 10.0 Å². The summed E-state index contributed by atoms with van der Waals surface area (Å²) in [4.78, 5) is 4.38. The van der Waals surface area contributed by atoms with Crippen LogP contribution in [0.15, 0.2) is 52.0 Å². The summed E-state index contributed by atoms with van der Waals surface area (Å²) in [5, 5.41) is 8.92. The number of aromatic nitrogens is 1. The second-order valence-electron chi connectivity index (χ2n) is 6.13. The molecule has 1 saturated heterocycles. The van der Waals surface area contributed by atoms with Gasteiger partial charge in [-0.05, 0) is 43.2 Å². The number of pyridine rings is 1. The predicted molar refractivity (Wildman–Crippen MR) is 100 cm³/mol. The highest BCUT2D eigenvalue weighted by atomic mass is 79.9. The van der Waals surface area contributed by atoms with Crippen LogP contribution < -0.4 is 4.74 Å². The highest BCUT2D eigenvalue weighted by molar-refractivity contribution is 9.10. The van der Waals surface area contributed by atoms with Crippen LogP contribution in [0.1, 0.15) is 18.4 Å². The summed E-state index contributed by atoms with van der Waals surface area (Å²) in [6, 6.07) is 11.9. The molecular formula is C18H18BrN3O3S. The fourth-order valence-corrected chi connectivity index (χ4v) is 4.72. The molecule has 3 rings (SSSR count). The first-order valence-corrected chi connectivity index (χ1v) is 10.5. The van der Waals surface area contributed by atoms with E-state index in [0.29, 0.717) is 36.0 Å². The number of hydrogen-bond donors (Lipinski definition) is 0. The van der Waals surface area contributed by atoms with Crippen molar-refractivity contribution in [3.8, 4) is 11.9 Å². The lowest BCUT2D eigenvalue weighted by Crippen LogP contribution is -2.41. The van der Waals surface area contributed by atoms with Gasteiger partial charge in [0.2, 0.25) is 15.9 Å². The first-order chi connectivity index (χ1) is 12.5. The minimum absolute atomic E-state index is 0.0847. The Bertz CT molecular complexity index is 910. The molecule has 136 valence electrons. The third-order valence-corrected chi connectivity index (χ3v) is 6.67. The maximum atomic E-state index is 12.8. The first kappa shape index (κ1) is 18.8. The molecule has 0 aliphatic carbocycles. The highest BCUT2D eigenvalue weighted by Crippen LogP contribution is 2.25. The van der Waals surface area contributed by atoms with E-state index in [1.165, 1.54) is 10.5 Å². The molecule has 1 aliphatic rings. The number of rotatable bonds is 5. The minimum Gasteiger partial charge on any atom is -0.477 e. The Labute approximate surface area is 161 Å². The molecule has 1 atom stereocenters. The number of halogens is 1. The smallest absolute Gasteiger partial charge is 0.243 e. The van der Waals surface area contributed by atoms with E-state index in [1.54, 1.807) is 36.4 Å². The van der Waals surface area contributed by atoms with Crippen LogP contribution in [0.25, 0.3) is 0 Å². The number of hydrogen-bond acceptors (Lipinski definition) is 5. The number of piperidine rings is 1. The summed E-state index contributed by atoms with van der Waals surface area (Å²) >= 11 is 3.32. The zero-order valence-corrected chi connectivity index (χ0v) is 16.4. The molecule has 1 aliphatic heterocycles. The number of benzene rings is 1. The lowest BCUT2D eigenvalue weighted by molar-refractivity contribution is 0.176. The van der Waals surface area contributed by atoms with Gasteiger partial charge in [0.1, 0.15) is 0 Å². The molecule has 1 aromatic carbocycles. The van der Waals surface area contributed by atoms with Gasteiger partial charge in [0, 0.05) is 35.7 Å². The van der Waals surface area contributed by atoms with Crippen molar-refractivity contribution in [1.82, 2.24) is 9.29 Å². The Morgan fingerprint density at radius 2 is 2.08 bits per heavy atom. The lowest BCUT2D eigenvalue weighted by Gasteiger charge is -2.31. The molecule has 2 aromatic rings.